The third-order valence-corrected chi connectivity index (χ3v) is 3.66. The first kappa shape index (κ1) is 11.5. The lowest BCUT2D eigenvalue weighted by molar-refractivity contribution is -0.145. The van der Waals surface area contributed by atoms with Crippen molar-refractivity contribution in [3.8, 4) is 0 Å². The molecular weight excluding hydrogens is 298 g/mol. The number of halogens is 1. The Morgan fingerprint density at radius 2 is 2.38 bits per heavy atom. The van der Waals surface area contributed by atoms with Crippen LogP contribution >= 0.6 is 27.3 Å². The van der Waals surface area contributed by atoms with Crippen LogP contribution < -0.4 is 4.90 Å². The summed E-state index contributed by atoms with van der Waals surface area (Å²) in [7, 11) is 1.32. The van der Waals surface area contributed by atoms with Crippen LogP contribution in [0.1, 0.15) is 6.42 Å². The fraction of sp³-hybridized carbons (Fsp3) is 0.500. The minimum atomic E-state index is -0.403. The van der Waals surface area contributed by atoms with E-state index in [0.717, 1.165) is 0 Å². The maximum Gasteiger partial charge on any atom is 0.311 e. The Morgan fingerprint density at radius 1 is 1.62 bits per heavy atom. The average Bonchev–Trinajstić information content (AvgIpc) is 2.83. The van der Waals surface area contributed by atoms with E-state index in [-0.39, 0.29) is 18.3 Å². The van der Waals surface area contributed by atoms with Gasteiger partial charge in [0.25, 0.3) is 0 Å². The highest BCUT2D eigenvalue weighted by Gasteiger charge is 2.37. The van der Waals surface area contributed by atoms with Crippen molar-refractivity contribution < 1.29 is 14.3 Å². The second kappa shape index (κ2) is 4.46. The van der Waals surface area contributed by atoms with Crippen LogP contribution in [0.2, 0.25) is 0 Å². The molecule has 2 rings (SSSR count). The van der Waals surface area contributed by atoms with Gasteiger partial charge in [-0.2, -0.15) is 0 Å². The fourth-order valence-corrected chi connectivity index (χ4v) is 2.64. The lowest BCUT2D eigenvalue weighted by Crippen LogP contribution is -2.26. The standard InChI is InChI=1S/C8H8BrN3O3S/c1-15-6(14)4-2-5(13)12(3-4)8-11-10-7(9)16-8/h4H,2-3H2,1H3. The van der Waals surface area contributed by atoms with Crippen LogP contribution in [0.4, 0.5) is 5.13 Å². The fourth-order valence-electron chi connectivity index (χ4n) is 1.52. The van der Waals surface area contributed by atoms with Crippen molar-refractivity contribution in [3.63, 3.8) is 0 Å². The molecule has 1 fully saturated rings. The summed E-state index contributed by atoms with van der Waals surface area (Å²) >= 11 is 4.43. The number of anilines is 1. The molecule has 0 N–H and O–H groups in total. The van der Waals surface area contributed by atoms with E-state index in [0.29, 0.717) is 15.6 Å². The van der Waals surface area contributed by atoms with Gasteiger partial charge in [-0.1, -0.05) is 11.3 Å². The van der Waals surface area contributed by atoms with Crippen molar-refractivity contribution in [2.24, 2.45) is 5.92 Å². The molecule has 16 heavy (non-hydrogen) atoms. The number of nitrogens with zero attached hydrogens (tertiary/aromatic N) is 3. The number of carbonyl (C=O) groups excluding carboxylic acids is 2. The highest BCUT2D eigenvalue weighted by Crippen LogP contribution is 2.29. The summed E-state index contributed by atoms with van der Waals surface area (Å²) in [5, 5.41) is 8.11. The number of ether oxygens (including phenoxy) is 1. The van der Waals surface area contributed by atoms with Gasteiger partial charge >= 0.3 is 5.97 Å². The highest BCUT2D eigenvalue weighted by molar-refractivity contribution is 9.11. The molecule has 86 valence electrons. The average molecular weight is 306 g/mol. The van der Waals surface area contributed by atoms with Crippen LogP contribution in [0.15, 0.2) is 3.92 Å². The molecule has 1 amide bonds. The Bertz CT molecular complexity index is 436. The number of amides is 1. The van der Waals surface area contributed by atoms with Gasteiger partial charge in [-0.05, 0) is 15.9 Å². The molecule has 1 aromatic rings. The van der Waals surface area contributed by atoms with Gasteiger partial charge in [0, 0.05) is 13.0 Å². The topological polar surface area (TPSA) is 72.4 Å². The molecule has 0 aliphatic carbocycles. The normalized spacial score (nSPS) is 20.2. The molecule has 0 saturated carbocycles. The van der Waals surface area contributed by atoms with E-state index in [4.69, 9.17) is 0 Å². The van der Waals surface area contributed by atoms with Crippen molar-refractivity contribution in [2.45, 2.75) is 6.42 Å². The maximum absolute atomic E-state index is 11.7. The van der Waals surface area contributed by atoms with Gasteiger partial charge in [0.05, 0.1) is 13.0 Å². The molecule has 8 heteroatoms. The third kappa shape index (κ3) is 2.07. The van der Waals surface area contributed by atoms with Crippen molar-refractivity contribution in [3.05, 3.63) is 3.92 Å². The van der Waals surface area contributed by atoms with Crippen LogP contribution in [0.3, 0.4) is 0 Å². The summed E-state index contributed by atoms with van der Waals surface area (Å²) in [6.45, 7) is 0.313. The summed E-state index contributed by atoms with van der Waals surface area (Å²) in [4.78, 5) is 24.4. The van der Waals surface area contributed by atoms with Crippen molar-refractivity contribution >= 4 is 44.3 Å². The first-order valence-electron chi connectivity index (χ1n) is 4.49. The van der Waals surface area contributed by atoms with Gasteiger partial charge in [0.15, 0.2) is 3.92 Å². The molecule has 1 aromatic heterocycles. The first-order chi connectivity index (χ1) is 7.61. The Labute approximate surface area is 104 Å². The Morgan fingerprint density at radius 3 is 2.94 bits per heavy atom. The number of carbonyl (C=O) groups is 2. The van der Waals surface area contributed by atoms with Gasteiger partial charge in [-0.3, -0.25) is 14.5 Å². The zero-order chi connectivity index (χ0) is 11.7. The summed E-state index contributed by atoms with van der Waals surface area (Å²) in [5.74, 6) is -0.890. The molecule has 1 saturated heterocycles. The molecule has 0 aromatic carbocycles. The van der Waals surface area contributed by atoms with Gasteiger partial charge < -0.3 is 4.74 Å². The van der Waals surface area contributed by atoms with E-state index in [9.17, 15) is 9.59 Å². The number of aromatic nitrogens is 2. The summed E-state index contributed by atoms with van der Waals surface area (Å²) in [6, 6.07) is 0. The second-order valence-corrected chi connectivity index (χ2v) is 5.50. The Kier molecular flexibility index (Phi) is 3.20. The van der Waals surface area contributed by atoms with Crippen molar-refractivity contribution in [2.75, 3.05) is 18.6 Å². The number of hydrogen-bond donors (Lipinski definition) is 0. The summed E-state index contributed by atoms with van der Waals surface area (Å²) in [5.41, 5.74) is 0. The number of hydrogen-bond acceptors (Lipinski definition) is 6. The van der Waals surface area contributed by atoms with Crippen LogP contribution in [-0.4, -0.2) is 35.7 Å². The molecule has 1 atom stereocenters. The van der Waals surface area contributed by atoms with Crippen LogP contribution in [-0.2, 0) is 14.3 Å². The molecule has 1 aliphatic rings. The zero-order valence-corrected chi connectivity index (χ0v) is 10.7. The SMILES string of the molecule is COC(=O)C1CC(=O)N(c2nnc(Br)s2)C1. The predicted molar refractivity (Wildman–Crippen MR) is 60.1 cm³/mol. The smallest absolute Gasteiger partial charge is 0.311 e. The number of methoxy groups -OCH3 is 1. The van der Waals surface area contributed by atoms with Crippen molar-refractivity contribution in [1.29, 1.82) is 0 Å². The van der Waals surface area contributed by atoms with Crippen LogP contribution in [0.25, 0.3) is 0 Å². The molecular formula is C8H8BrN3O3S. The lowest BCUT2D eigenvalue weighted by atomic mass is 10.1. The predicted octanol–water partition coefficient (Wildman–Crippen LogP) is 0.826. The maximum atomic E-state index is 11.7. The zero-order valence-electron chi connectivity index (χ0n) is 8.34. The molecule has 1 unspecified atom stereocenters. The molecule has 0 bridgehead atoms. The highest BCUT2D eigenvalue weighted by atomic mass is 79.9. The summed E-state index contributed by atoms with van der Waals surface area (Å²) in [6.07, 6.45) is 0.171. The quantitative estimate of drug-likeness (QED) is 0.757. The molecule has 1 aliphatic heterocycles. The van der Waals surface area contributed by atoms with E-state index < -0.39 is 5.92 Å². The Balaban J connectivity index is 2.14. The number of esters is 1. The third-order valence-electron chi connectivity index (χ3n) is 2.28. The Hall–Kier alpha value is -1.02. The molecule has 6 nitrogen and oxygen atoms in total. The van der Waals surface area contributed by atoms with E-state index in [1.807, 2.05) is 0 Å². The van der Waals surface area contributed by atoms with Crippen LogP contribution in [0, 0.1) is 5.92 Å². The minimum Gasteiger partial charge on any atom is -0.469 e. The van der Waals surface area contributed by atoms with Gasteiger partial charge in [-0.15, -0.1) is 10.2 Å². The van der Waals surface area contributed by atoms with Crippen LogP contribution in [0.5, 0.6) is 0 Å². The van der Waals surface area contributed by atoms with Gasteiger partial charge in [0.2, 0.25) is 11.0 Å². The van der Waals surface area contributed by atoms with E-state index in [2.05, 4.69) is 30.9 Å². The van der Waals surface area contributed by atoms with Gasteiger partial charge in [0.1, 0.15) is 0 Å². The second-order valence-electron chi connectivity index (χ2n) is 3.27. The van der Waals surface area contributed by atoms with Crippen molar-refractivity contribution in [1.82, 2.24) is 10.2 Å². The first-order valence-corrected chi connectivity index (χ1v) is 6.10. The monoisotopic (exact) mass is 305 g/mol. The summed E-state index contributed by atoms with van der Waals surface area (Å²) < 4.78 is 5.22. The molecule has 0 spiro atoms. The lowest BCUT2D eigenvalue weighted by Gasteiger charge is -2.10. The largest absolute Gasteiger partial charge is 0.469 e. The molecule has 0 radical (unpaired) electrons. The van der Waals surface area contributed by atoms with Gasteiger partial charge in [-0.25, -0.2) is 0 Å². The van der Waals surface area contributed by atoms with E-state index >= 15 is 0 Å². The molecule has 2 heterocycles. The number of rotatable bonds is 2. The minimum absolute atomic E-state index is 0.126. The van der Waals surface area contributed by atoms with E-state index in [1.165, 1.54) is 23.3 Å². The van der Waals surface area contributed by atoms with E-state index in [1.54, 1.807) is 0 Å².